The maximum atomic E-state index is 12.2. The van der Waals surface area contributed by atoms with E-state index < -0.39 is 0 Å². The molecule has 4 rings (SSSR count). The van der Waals surface area contributed by atoms with Gasteiger partial charge in [-0.25, -0.2) is 0 Å². The van der Waals surface area contributed by atoms with E-state index in [1.54, 1.807) is 24.3 Å². The van der Waals surface area contributed by atoms with Crippen molar-refractivity contribution >= 4 is 0 Å². The zero-order valence-corrected chi connectivity index (χ0v) is 45.8. The van der Waals surface area contributed by atoms with Gasteiger partial charge in [0.2, 0.25) is 0 Å². The third-order valence-corrected chi connectivity index (χ3v) is 8.12. The number of hydrogen-bond acceptors (Lipinski definition) is 12. The molecule has 0 bridgehead atoms. The average molecular weight is 1030 g/mol. The van der Waals surface area contributed by atoms with Gasteiger partial charge in [0.1, 0.15) is 23.0 Å². The van der Waals surface area contributed by atoms with E-state index in [2.05, 4.69) is 21.3 Å². The zero-order valence-electron chi connectivity index (χ0n) is 36.9. The number of nitrogens with one attached hydrogen (secondary N) is 4. The molecule has 0 aromatic heterocycles. The Hall–Kier alpha value is -4.39. The first-order valence-electron chi connectivity index (χ1n) is 19.6. The Morgan fingerprint density at radius 3 is 0.762 bits per heavy atom. The maximum absolute atomic E-state index is 12.2. The summed E-state index contributed by atoms with van der Waals surface area (Å²) in [6.45, 7) is 14.5. The Morgan fingerprint density at radius 2 is 0.587 bits per heavy atom. The van der Waals surface area contributed by atoms with Crippen molar-refractivity contribution in [2.45, 2.75) is 66.7 Å². The van der Waals surface area contributed by atoms with Crippen molar-refractivity contribution in [3.05, 3.63) is 127 Å². The number of rotatable bonds is 24. The molecule has 0 heterocycles. The van der Waals surface area contributed by atoms with Crippen LogP contribution < -0.4 is 60.6 Å². The predicted octanol–water partition coefficient (Wildman–Crippen LogP) is 5.53. The molecule has 0 atom stereocenters. The van der Waals surface area contributed by atoms with Gasteiger partial charge < -0.3 is 82.8 Å². The molecule has 0 aliphatic rings. The Balaban J connectivity index is -0.000000973. The molecule has 18 nitrogen and oxygen atoms in total. The molecular weight excluding hydrogens is 969 g/mol. The van der Waals surface area contributed by atoms with Crippen LogP contribution in [0.3, 0.4) is 0 Å². The van der Waals surface area contributed by atoms with Crippen molar-refractivity contribution in [3.8, 4) is 46.0 Å². The molecule has 4 aromatic carbocycles. The molecule has 328 valence electrons. The first-order valence-corrected chi connectivity index (χ1v) is 19.6. The van der Waals surface area contributed by atoms with Gasteiger partial charge in [0.05, 0.1) is 26.4 Å². The number of hydrogen-bond donors (Lipinski definition) is 4. The van der Waals surface area contributed by atoms with Crippen LogP contribution in [-0.2, 0) is 84.6 Å². The van der Waals surface area contributed by atoms with Crippen LogP contribution in [0.15, 0.2) is 72.8 Å². The van der Waals surface area contributed by atoms with Crippen LogP contribution >= 0.6 is 0 Å². The van der Waals surface area contributed by atoms with Crippen LogP contribution in [0.2, 0.25) is 0 Å². The molecule has 0 amide bonds. The largest absolute Gasteiger partial charge is 2.00 e. The van der Waals surface area contributed by atoms with Gasteiger partial charge in [-0.3, -0.25) is 9.82 Å². The zero-order chi connectivity index (χ0) is 44.4. The molecule has 0 spiro atoms. The Morgan fingerprint density at radius 1 is 0.397 bits per heavy atom. The second-order valence-electron chi connectivity index (χ2n) is 12.3. The van der Waals surface area contributed by atoms with Gasteiger partial charge in [-0.05, 0) is 113 Å². The van der Waals surface area contributed by atoms with Gasteiger partial charge in [-0.15, -0.1) is 0 Å². The van der Waals surface area contributed by atoms with E-state index in [0.717, 1.165) is 39.0 Å². The minimum absolute atomic E-state index is 0. The number of para-hydroxylation sites is 4. The van der Waals surface area contributed by atoms with E-state index in [1.165, 1.54) is 9.82 Å². The molecule has 0 radical (unpaired) electrons. The minimum Gasteiger partial charge on any atom is -0.870 e. The van der Waals surface area contributed by atoms with Crippen molar-refractivity contribution in [1.29, 1.82) is 0 Å². The summed E-state index contributed by atoms with van der Waals surface area (Å²) in [6, 6.07) is 21.4. The van der Waals surface area contributed by atoms with Crippen molar-refractivity contribution < 1.29 is 97.8 Å². The number of nitrogens with zero attached hydrogens (tertiary/aromatic N) is 6. The van der Waals surface area contributed by atoms with E-state index in [9.17, 15) is 20.4 Å². The van der Waals surface area contributed by atoms with E-state index in [0.29, 0.717) is 97.9 Å². The van der Waals surface area contributed by atoms with Gasteiger partial charge >= 0.3 is 58.4 Å². The molecule has 0 unspecified atom stereocenters. The van der Waals surface area contributed by atoms with Crippen LogP contribution in [0.4, 0.5) is 0 Å². The Labute approximate surface area is 409 Å². The van der Waals surface area contributed by atoms with Gasteiger partial charge in [-0.1, -0.05) is 71.5 Å². The monoisotopic (exact) mass is 1020 g/mol. The van der Waals surface area contributed by atoms with Crippen LogP contribution in [0.1, 0.15) is 62.8 Å². The van der Waals surface area contributed by atoms with Crippen LogP contribution in [0.5, 0.6) is 46.0 Å². The van der Waals surface area contributed by atoms with Gasteiger partial charge in [0.15, 0.2) is 0 Å². The summed E-state index contributed by atoms with van der Waals surface area (Å²) in [4.78, 5) is 3.00. The third kappa shape index (κ3) is 25.5. The normalized spacial score (nSPS) is 9.46. The second-order valence-corrected chi connectivity index (χ2v) is 12.3. The Kier molecular flexibility index (Phi) is 40.3. The summed E-state index contributed by atoms with van der Waals surface area (Å²) in [5.74, 6) is 1.40. The first-order chi connectivity index (χ1) is 29.2. The number of ether oxygens (including phenoxy) is 4. The third-order valence-electron chi connectivity index (χ3n) is 8.12. The summed E-state index contributed by atoms with van der Waals surface area (Å²) in [7, 11) is 0. The van der Waals surface area contributed by atoms with Gasteiger partial charge in [0.25, 0.3) is 0 Å². The first kappa shape index (κ1) is 62.9. The predicted molar refractivity (Wildman–Crippen MR) is 224 cm³/mol. The van der Waals surface area contributed by atoms with Crippen LogP contribution in [-0.4, -0.2) is 52.6 Å². The topological polar surface area (TPSA) is 295 Å². The molecule has 63 heavy (non-hydrogen) atoms. The molecule has 0 aliphatic carbocycles. The van der Waals surface area contributed by atoms with Crippen molar-refractivity contribution in [2.24, 2.45) is 0 Å². The SMILES string of the molecule is CCOc1cccc(CNCCCNCc2cccc(OCC)c2[O-])c1[O-].CCOc1cccc(CNCCCNCc2cccc(OCC)c2[O-])c1[O-].[N-]=[N+]=[N-].[N-]=[N+]=[N-].[Zn+2].[Zn+2].[Zn+2]. The second kappa shape index (κ2) is 40.4. The van der Waals surface area contributed by atoms with Crippen LogP contribution in [0, 0.1) is 0 Å². The van der Waals surface area contributed by atoms with E-state index in [-0.39, 0.29) is 81.4 Å². The molecule has 0 saturated carbocycles. The summed E-state index contributed by atoms with van der Waals surface area (Å²) in [6.07, 6.45) is 1.78. The van der Waals surface area contributed by atoms with Crippen molar-refractivity contribution in [3.63, 3.8) is 0 Å². The fourth-order valence-corrected chi connectivity index (χ4v) is 5.45. The van der Waals surface area contributed by atoms with E-state index in [4.69, 9.17) is 41.1 Å². The summed E-state index contributed by atoms with van der Waals surface area (Å²) < 4.78 is 21.3. The smallest absolute Gasteiger partial charge is 0.870 e. The summed E-state index contributed by atoms with van der Waals surface area (Å²) in [5.41, 5.74) is 29.8. The molecule has 4 N–H and O–H groups in total. The summed E-state index contributed by atoms with van der Waals surface area (Å²) >= 11 is 0. The molecule has 21 heteroatoms. The average Bonchev–Trinajstić information content (AvgIpc) is 3.23. The minimum atomic E-state index is -0.0536. The summed E-state index contributed by atoms with van der Waals surface area (Å²) in [5, 5.41) is 61.8. The van der Waals surface area contributed by atoms with Crippen molar-refractivity contribution in [1.82, 2.24) is 21.3 Å². The maximum Gasteiger partial charge on any atom is 2.00 e. The quantitative estimate of drug-likeness (QED) is 0.0222. The van der Waals surface area contributed by atoms with E-state index >= 15 is 0 Å². The van der Waals surface area contributed by atoms with Gasteiger partial charge in [-0.2, -0.15) is 0 Å². The van der Waals surface area contributed by atoms with Crippen molar-refractivity contribution in [2.75, 3.05) is 52.6 Å². The molecular formula is C42H56N10O8Zn3. The van der Waals surface area contributed by atoms with E-state index in [1.807, 2.05) is 76.2 Å². The number of benzene rings is 4. The standard InChI is InChI=1S/2C21H30N2O4.2N3.3Zn/c2*1-3-26-18-10-5-8-16(20(18)24)14-22-12-7-13-23-15-17-9-6-11-19(21(17)25)27-4-2;2*1-3-2;;;/h2*5-6,8-11,22-25H,3-4,7,12-15H2,1-2H3;;;;;/q;;2*-1;3*+2/p-4. The molecule has 0 aliphatic heterocycles. The molecule has 0 fully saturated rings. The fraction of sp³-hybridized carbons (Fsp3) is 0.429. The van der Waals surface area contributed by atoms with Gasteiger partial charge in [0, 0.05) is 26.2 Å². The Bertz CT molecular complexity index is 1620. The fourth-order valence-electron chi connectivity index (χ4n) is 5.45. The molecule has 4 aromatic rings. The molecule has 0 saturated heterocycles. The van der Waals surface area contributed by atoms with Crippen LogP contribution in [0.25, 0.3) is 31.9 Å².